The Hall–Kier alpha value is -3.51. The van der Waals surface area contributed by atoms with Crippen molar-refractivity contribution in [3.05, 3.63) is 46.5 Å². The van der Waals surface area contributed by atoms with Crippen LogP contribution in [0.5, 0.6) is 0 Å². The molecule has 5 rings (SSSR count). The van der Waals surface area contributed by atoms with Crippen LogP contribution in [0.25, 0.3) is 11.0 Å². The van der Waals surface area contributed by atoms with E-state index >= 15 is 0 Å². The Morgan fingerprint density at radius 3 is 2.56 bits per heavy atom. The Kier molecular flexibility index (Phi) is 5.45. The summed E-state index contributed by atoms with van der Waals surface area (Å²) < 4.78 is 1.69. The zero-order valence-corrected chi connectivity index (χ0v) is 18.2. The van der Waals surface area contributed by atoms with Gasteiger partial charge in [-0.05, 0) is 38.1 Å². The number of fused-ring (bicyclic) bond motifs is 1. The monoisotopic (exact) mass is 430 g/mol. The molecule has 3 aromatic rings. The third kappa shape index (κ3) is 3.89. The van der Waals surface area contributed by atoms with Gasteiger partial charge < -0.3 is 15.1 Å². The van der Waals surface area contributed by atoms with E-state index in [1.807, 2.05) is 18.3 Å². The second kappa shape index (κ2) is 8.55. The van der Waals surface area contributed by atoms with E-state index in [-0.39, 0.29) is 17.2 Å². The molecule has 0 atom stereocenters. The highest BCUT2D eigenvalue weighted by atomic mass is 16.1. The second-order valence-corrected chi connectivity index (χ2v) is 8.57. The molecule has 2 aliphatic rings. The highest BCUT2D eigenvalue weighted by Crippen LogP contribution is 2.31. The number of likely N-dealkylation sites (N-methyl/N-ethyl adjacent to an activating group) is 1. The predicted molar refractivity (Wildman–Crippen MR) is 123 cm³/mol. The number of anilines is 3. The molecule has 1 aliphatic heterocycles. The maximum Gasteiger partial charge on any atom is 0.270 e. The molecule has 2 fully saturated rings. The Morgan fingerprint density at radius 1 is 1.09 bits per heavy atom. The molecule has 4 heterocycles. The molecule has 3 aromatic heterocycles. The number of aromatic nitrogens is 4. The topological polar surface area (TPSA) is 103 Å². The van der Waals surface area contributed by atoms with Gasteiger partial charge in [-0.15, -0.1) is 0 Å². The molecule has 0 bridgehead atoms. The molecule has 1 saturated heterocycles. The zero-order valence-electron chi connectivity index (χ0n) is 18.2. The van der Waals surface area contributed by atoms with Crippen molar-refractivity contribution in [3.63, 3.8) is 0 Å². The van der Waals surface area contributed by atoms with Gasteiger partial charge in [0.05, 0.1) is 11.9 Å². The number of hydrogen-bond acceptors (Lipinski definition) is 8. The Morgan fingerprint density at radius 2 is 1.88 bits per heavy atom. The third-order valence-electron chi connectivity index (χ3n) is 6.44. The van der Waals surface area contributed by atoms with E-state index < -0.39 is 0 Å². The summed E-state index contributed by atoms with van der Waals surface area (Å²) in [4.78, 5) is 31.1. The van der Waals surface area contributed by atoms with Crippen LogP contribution in [0.4, 0.5) is 17.5 Å². The summed E-state index contributed by atoms with van der Waals surface area (Å²) in [5.74, 6) is 1.03. The van der Waals surface area contributed by atoms with Crippen LogP contribution in [0.2, 0.25) is 0 Å². The first-order valence-electron chi connectivity index (χ1n) is 11.1. The number of hydrogen-bond donors (Lipinski definition) is 1. The maximum absolute atomic E-state index is 12.9. The molecule has 0 unspecified atom stereocenters. The summed E-state index contributed by atoms with van der Waals surface area (Å²) in [6.45, 7) is 4.06. The van der Waals surface area contributed by atoms with Crippen LogP contribution in [0.15, 0.2) is 35.4 Å². The van der Waals surface area contributed by atoms with E-state index in [0.29, 0.717) is 22.8 Å². The Labute approximate surface area is 186 Å². The molecule has 1 aliphatic carbocycles. The molecule has 9 heteroatoms. The largest absolute Gasteiger partial charge is 0.368 e. The fourth-order valence-electron chi connectivity index (χ4n) is 4.59. The molecule has 9 nitrogen and oxygen atoms in total. The molecule has 1 saturated carbocycles. The number of rotatable bonds is 4. The predicted octanol–water partition coefficient (Wildman–Crippen LogP) is 2.67. The van der Waals surface area contributed by atoms with Gasteiger partial charge in [0.1, 0.15) is 23.1 Å². The third-order valence-corrected chi connectivity index (χ3v) is 6.44. The van der Waals surface area contributed by atoms with Gasteiger partial charge in [0, 0.05) is 43.8 Å². The molecule has 0 amide bonds. The van der Waals surface area contributed by atoms with Gasteiger partial charge >= 0.3 is 0 Å². The van der Waals surface area contributed by atoms with Crippen molar-refractivity contribution >= 4 is 28.5 Å². The number of nitrogens with zero attached hydrogens (tertiary/aromatic N) is 7. The minimum atomic E-state index is -0.272. The summed E-state index contributed by atoms with van der Waals surface area (Å²) in [6.07, 6.45) is 7.53. The molecule has 0 radical (unpaired) electrons. The van der Waals surface area contributed by atoms with Gasteiger partial charge in [0.25, 0.3) is 5.56 Å². The quantitative estimate of drug-likeness (QED) is 0.674. The maximum atomic E-state index is 12.9. The van der Waals surface area contributed by atoms with Gasteiger partial charge in [0.15, 0.2) is 0 Å². The first-order chi connectivity index (χ1) is 15.6. The summed E-state index contributed by atoms with van der Waals surface area (Å²) in [5.41, 5.74) is 1.52. The van der Waals surface area contributed by atoms with Gasteiger partial charge in [-0.25, -0.2) is 9.97 Å². The van der Waals surface area contributed by atoms with Crippen LogP contribution >= 0.6 is 0 Å². The molecule has 164 valence electrons. The lowest BCUT2D eigenvalue weighted by Gasteiger charge is -2.33. The Bertz CT molecular complexity index is 1220. The second-order valence-electron chi connectivity index (χ2n) is 8.57. The van der Waals surface area contributed by atoms with Crippen molar-refractivity contribution in [2.45, 2.75) is 31.7 Å². The summed E-state index contributed by atoms with van der Waals surface area (Å²) in [6, 6.07) is 7.64. The van der Waals surface area contributed by atoms with Crippen molar-refractivity contribution in [2.24, 2.45) is 0 Å². The lowest BCUT2D eigenvalue weighted by molar-refractivity contribution is 0.313. The minimum Gasteiger partial charge on any atom is -0.368 e. The Balaban J connectivity index is 1.43. The van der Waals surface area contributed by atoms with E-state index in [2.05, 4.69) is 43.2 Å². The van der Waals surface area contributed by atoms with Crippen molar-refractivity contribution in [1.29, 1.82) is 5.26 Å². The van der Waals surface area contributed by atoms with Crippen LogP contribution in [-0.4, -0.2) is 57.6 Å². The molecule has 0 aromatic carbocycles. The SMILES string of the molecule is CN1CCN(c2ccc(Nc3ncc4cc(C#N)c(=O)n(C5CCCC5)c4n3)nc2)CC1. The van der Waals surface area contributed by atoms with Crippen LogP contribution < -0.4 is 15.8 Å². The first kappa shape index (κ1) is 20.4. The van der Waals surface area contributed by atoms with E-state index in [1.54, 1.807) is 16.8 Å². The van der Waals surface area contributed by atoms with Gasteiger partial charge in [-0.1, -0.05) is 12.8 Å². The minimum absolute atomic E-state index is 0.0713. The van der Waals surface area contributed by atoms with Crippen LogP contribution in [0.3, 0.4) is 0 Å². The molecule has 1 N–H and O–H groups in total. The molecule has 32 heavy (non-hydrogen) atoms. The summed E-state index contributed by atoms with van der Waals surface area (Å²) >= 11 is 0. The smallest absolute Gasteiger partial charge is 0.270 e. The fraction of sp³-hybridized carbons (Fsp3) is 0.435. The number of nitrogens with one attached hydrogen (secondary N) is 1. The van der Waals surface area contributed by atoms with E-state index in [9.17, 15) is 10.1 Å². The highest BCUT2D eigenvalue weighted by molar-refractivity contribution is 5.77. The van der Waals surface area contributed by atoms with Gasteiger partial charge in [-0.3, -0.25) is 9.36 Å². The van der Waals surface area contributed by atoms with Crippen LogP contribution in [0.1, 0.15) is 37.3 Å². The molecular weight excluding hydrogens is 404 g/mol. The number of nitriles is 1. The van der Waals surface area contributed by atoms with Gasteiger partial charge in [0.2, 0.25) is 5.95 Å². The summed E-state index contributed by atoms with van der Waals surface area (Å²) in [5, 5.41) is 13.2. The van der Waals surface area contributed by atoms with E-state index in [0.717, 1.165) is 57.5 Å². The standard InChI is InChI=1S/C23H26N8O/c1-29-8-10-30(11-9-29)19-6-7-20(25-15-19)27-23-26-14-17-12-16(13-24)22(32)31(21(17)28-23)18-4-2-3-5-18/h6-7,12,14-15,18H,2-5,8-11H2,1H3,(H,25,26,27,28). The van der Waals surface area contributed by atoms with E-state index in [4.69, 9.17) is 0 Å². The number of piperazine rings is 1. The fourth-order valence-corrected chi connectivity index (χ4v) is 4.59. The average molecular weight is 431 g/mol. The van der Waals surface area contributed by atoms with Gasteiger partial charge in [-0.2, -0.15) is 10.2 Å². The van der Waals surface area contributed by atoms with Crippen molar-refractivity contribution in [2.75, 3.05) is 43.4 Å². The zero-order chi connectivity index (χ0) is 22.1. The average Bonchev–Trinajstić information content (AvgIpc) is 3.34. The van der Waals surface area contributed by atoms with Crippen LogP contribution in [0, 0.1) is 11.3 Å². The van der Waals surface area contributed by atoms with Crippen molar-refractivity contribution in [1.82, 2.24) is 24.4 Å². The first-order valence-corrected chi connectivity index (χ1v) is 11.1. The normalized spacial score (nSPS) is 17.6. The molecule has 0 spiro atoms. The van der Waals surface area contributed by atoms with Crippen molar-refractivity contribution < 1.29 is 0 Å². The highest BCUT2D eigenvalue weighted by Gasteiger charge is 2.23. The lowest BCUT2D eigenvalue weighted by atomic mass is 10.2. The van der Waals surface area contributed by atoms with E-state index in [1.165, 1.54) is 0 Å². The van der Waals surface area contributed by atoms with Crippen LogP contribution in [-0.2, 0) is 0 Å². The molecular formula is C23H26N8O. The van der Waals surface area contributed by atoms with Crippen molar-refractivity contribution in [3.8, 4) is 6.07 Å². The summed E-state index contributed by atoms with van der Waals surface area (Å²) in [7, 11) is 2.14. The number of pyridine rings is 2. The lowest BCUT2D eigenvalue weighted by Crippen LogP contribution is -2.44.